The predicted octanol–water partition coefficient (Wildman–Crippen LogP) is 2.57. The Labute approximate surface area is 135 Å². The highest BCUT2D eigenvalue weighted by Crippen LogP contribution is 2.26. The molecule has 0 saturated heterocycles. The summed E-state index contributed by atoms with van der Waals surface area (Å²) < 4.78 is 39.9. The van der Waals surface area contributed by atoms with Gasteiger partial charge in [-0.3, -0.25) is 0 Å². The third-order valence-electron chi connectivity index (χ3n) is 2.96. The molecule has 1 aromatic carbocycles. The Morgan fingerprint density at radius 2 is 2.10 bits per heavy atom. The second-order valence-corrected chi connectivity index (χ2v) is 7.89. The van der Waals surface area contributed by atoms with Crippen LogP contribution in [0.2, 0.25) is 5.02 Å². The molecule has 4 nitrogen and oxygen atoms in total. The topological polar surface area (TPSA) is 49.4 Å². The third-order valence-corrected chi connectivity index (χ3v) is 5.81. The van der Waals surface area contributed by atoms with Gasteiger partial charge in [0.2, 0.25) is 10.0 Å². The van der Waals surface area contributed by atoms with Crippen molar-refractivity contribution in [3.63, 3.8) is 0 Å². The minimum atomic E-state index is -3.70. The Morgan fingerprint density at radius 1 is 1.43 bits per heavy atom. The van der Waals surface area contributed by atoms with Crippen molar-refractivity contribution in [2.24, 2.45) is 0 Å². The van der Waals surface area contributed by atoms with Crippen molar-refractivity contribution in [2.75, 3.05) is 32.1 Å². The van der Waals surface area contributed by atoms with Gasteiger partial charge in [-0.25, -0.2) is 17.1 Å². The van der Waals surface area contributed by atoms with E-state index in [-0.39, 0.29) is 9.92 Å². The van der Waals surface area contributed by atoms with Crippen LogP contribution in [0.4, 0.5) is 4.39 Å². The highest BCUT2D eigenvalue weighted by Gasteiger charge is 2.23. The smallest absolute Gasteiger partial charge is 0.242 e. The normalized spacial score (nSPS) is 12.1. The predicted molar refractivity (Wildman–Crippen MR) is 87.0 cm³/mol. The molecular weight excluding hydrogens is 335 g/mol. The fourth-order valence-corrected chi connectivity index (χ4v) is 3.66. The first kappa shape index (κ1) is 18.7. The van der Waals surface area contributed by atoms with Gasteiger partial charge < -0.3 is 5.32 Å². The van der Waals surface area contributed by atoms with Crippen molar-refractivity contribution >= 4 is 33.4 Å². The summed E-state index contributed by atoms with van der Waals surface area (Å²) in [5.74, 6) is -0.0420. The van der Waals surface area contributed by atoms with Crippen LogP contribution < -0.4 is 5.32 Å². The van der Waals surface area contributed by atoms with Gasteiger partial charge in [0, 0.05) is 25.9 Å². The first-order chi connectivity index (χ1) is 9.84. The summed E-state index contributed by atoms with van der Waals surface area (Å²) in [4.78, 5) is -0.0686. The number of thioether (sulfide) groups is 1. The van der Waals surface area contributed by atoms with Gasteiger partial charge in [0.1, 0.15) is 5.82 Å². The third kappa shape index (κ3) is 4.82. The van der Waals surface area contributed by atoms with Crippen LogP contribution >= 0.6 is 23.4 Å². The quantitative estimate of drug-likeness (QED) is 0.779. The van der Waals surface area contributed by atoms with Crippen LogP contribution in [0.25, 0.3) is 0 Å². The van der Waals surface area contributed by atoms with Crippen molar-refractivity contribution in [2.45, 2.75) is 18.4 Å². The molecule has 1 N–H and O–H groups in total. The Hall–Kier alpha value is -0.340. The van der Waals surface area contributed by atoms with Gasteiger partial charge >= 0.3 is 0 Å². The number of rotatable bonds is 8. The lowest BCUT2D eigenvalue weighted by atomic mass is 10.2. The summed E-state index contributed by atoms with van der Waals surface area (Å²) in [5.41, 5.74) is 0.440. The van der Waals surface area contributed by atoms with Crippen LogP contribution in [0.15, 0.2) is 17.0 Å². The van der Waals surface area contributed by atoms with E-state index >= 15 is 0 Å². The van der Waals surface area contributed by atoms with Crippen LogP contribution in [-0.4, -0.2) is 44.9 Å². The van der Waals surface area contributed by atoms with Crippen LogP contribution in [0, 0.1) is 5.82 Å². The van der Waals surface area contributed by atoms with E-state index in [2.05, 4.69) is 5.32 Å². The van der Waals surface area contributed by atoms with Gasteiger partial charge in [-0.15, -0.1) is 0 Å². The zero-order valence-electron chi connectivity index (χ0n) is 12.3. The average Bonchev–Trinajstić information content (AvgIpc) is 2.45. The van der Waals surface area contributed by atoms with Gasteiger partial charge in [0.05, 0.1) is 9.92 Å². The SMILES string of the molecule is CCNCc1cc(S(=O)(=O)N(C)CCSC)cc(F)c1Cl. The van der Waals surface area contributed by atoms with Crippen molar-refractivity contribution in [1.29, 1.82) is 0 Å². The number of sulfonamides is 1. The molecule has 0 unspecified atom stereocenters. The highest BCUT2D eigenvalue weighted by molar-refractivity contribution is 7.98. The first-order valence-corrected chi connectivity index (χ1v) is 9.69. The van der Waals surface area contributed by atoms with Gasteiger partial charge in [0.15, 0.2) is 0 Å². The zero-order valence-corrected chi connectivity index (χ0v) is 14.7. The van der Waals surface area contributed by atoms with E-state index in [9.17, 15) is 12.8 Å². The number of nitrogens with zero attached hydrogens (tertiary/aromatic N) is 1. The summed E-state index contributed by atoms with van der Waals surface area (Å²) >= 11 is 7.44. The Morgan fingerprint density at radius 3 is 2.67 bits per heavy atom. The molecule has 0 aliphatic heterocycles. The fraction of sp³-hybridized carbons (Fsp3) is 0.538. The van der Waals surface area contributed by atoms with Crippen molar-refractivity contribution in [3.05, 3.63) is 28.5 Å². The molecular formula is C13H20ClFN2O2S2. The Bertz CT molecular complexity index is 582. The van der Waals surface area contributed by atoms with Crippen molar-refractivity contribution in [3.8, 4) is 0 Å². The molecule has 0 aliphatic carbocycles. The molecule has 0 radical (unpaired) electrons. The average molecular weight is 355 g/mol. The van der Waals surface area contributed by atoms with Gasteiger partial charge in [0.25, 0.3) is 0 Å². The highest BCUT2D eigenvalue weighted by atomic mass is 35.5. The number of halogens is 2. The molecule has 1 rings (SSSR count). The van der Waals surface area contributed by atoms with Crippen LogP contribution in [0.3, 0.4) is 0 Å². The summed E-state index contributed by atoms with van der Waals surface area (Å²) in [6.07, 6.45) is 1.90. The van der Waals surface area contributed by atoms with Crippen LogP contribution in [0.5, 0.6) is 0 Å². The lowest BCUT2D eigenvalue weighted by Crippen LogP contribution is -2.29. The van der Waals surface area contributed by atoms with E-state index in [4.69, 9.17) is 11.6 Å². The van der Waals surface area contributed by atoms with Crippen LogP contribution in [0.1, 0.15) is 12.5 Å². The van der Waals surface area contributed by atoms with E-state index in [1.54, 1.807) is 11.8 Å². The summed E-state index contributed by atoms with van der Waals surface area (Å²) in [6.45, 7) is 3.28. The summed E-state index contributed by atoms with van der Waals surface area (Å²) in [5, 5.41) is 2.97. The molecule has 8 heteroatoms. The van der Waals surface area contributed by atoms with Crippen molar-refractivity contribution in [1.82, 2.24) is 9.62 Å². The molecule has 0 atom stereocenters. The van der Waals surface area contributed by atoms with Crippen molar-refractivity contribution < 1.29 is 12.8 Å². The summed E-state index contributed by atoms with van der Waals surface area (Å²) in [7, 11) is -2.22. The molecule has 120 valence electrons. The lowest BCUT2D eigenvalue weighted by molar-refractivity contribution is 0.487. The minimum absolute atomic E-state index is 0.0401. The van der Waals surface area contributed by atoms with E-state index < -0.39 is 15.8 Å². The lowest BCUT2D eigenvalue weighted by Gasteiger charge is -2.18. The molecule has 0 amide bonds. The fourth-order valence-electron chi connectivity index (χ4n) is 1.68. The maximum Gasteiger partial charge on any atom is 0.242 e. The molecule has 0 fully saturated rings. The molecule has 0 spiro atoms. The van der Waals surface area contributed by atoms with Crippen LogP contribution in [-0.2, 0) is 16.6 Å². The Kier molecular flexibility index (Phi) is 7.42. The largest absolute Gasteiger partial charge is 0.313 e. The van der Waals surface area contributed by atoms with Gasteiger partial charge in [-0.05, 0) is 30.5 Å². The molecule has 0 aromatic heterocycles. The molecule has 0 bridgehead atoms. The molecule has 0 aliphatic rings. The molecule has 21 heavy (non-hydrogen) atoms. The number of nitrogens with one attached hydrogen (secondary N) is 1. The minimum Gasteiger partial charge on any atom is -0.313 e. The molecule has 0 saturated carbocycles. The number of benzene rings is 1. The summed E-state index contributed by atoms with van der Waals surface area (Å²) in [6, 6.07) is 2.40. The number of hydrogen-bond donors (Lipinski definition) is 1. The standard InChI is InChI=1S/C13H20ClFN2O2S2/c1-4-16-9-10-7-11(8-12(15)13(10)14)21(18,19)17(2)5-6-20-3/h7-8,16H,4-6,9H2,1-3H3. The zero-order chi connectivity index (χ0) is 16.0. The van der Waals surface area contributed by atoms with E-state index in [0.717, 1.165) is 6.07 Å². The number of hydrogen-bond acceptors (Lipinski definition) is 4. The van der Waals surface area contributed by atoms with Gasteiger partial charge in [-0.2, -0.15) is 11.8 Å². The Balaban J connectivity index is 3.14. The maximum absolute atomic E-state index is 13.9. The monoisotopic (exact) mass is 354 g/mol. The van der Waals surface area contributed by atoms with E-state index in [1.165, 1.54) is 17.4 Å². The molecule has 1 aromatic rings. The van der Waals surface area contributed by atoms with E-state index in [1.807, 2.05) is 13.2 Å². The van der Waals surface area contributed by atoms with E-state index in [0.29, 0.717) is 31.0 Å². The molecule has 0 heterocycles. The second-order valence-electron chi connectivity index (χ2n) is 4.48. The maximum atomic E-state index is 13.9. The van der Waals surface area contributed by atoms with Gasteiger partial charge in [-0.1, -0.05) is 18.5 Å². The first-order valence-electron chi connectivity index (χ1n) is 6.48. The second kappa shape index (κ2) is 8.33.